The van der Waals surface area contributed by atoms with Crippen molar-refractivity contribution in [3.8, 4) is 0 Å². The fourth-order valence-electron chi connectivity index (χ4n) is 1.07. The van der Waals surface area contributed by atoms with Crippen molar-refractivity contribution in [2.75, 3.05) is 0 Å². The minimum absolute atomic E-state index is 0.589. The molecule has 0 unspecified atom stereocenters. The minimum atomic E-state index is 0.589. The molecule has 1 aromatic rings. The number of hydrogen-bond donors (Lipinski definition) is 0. The van der Waals surface area contributed by atoms with Crippen LogP contribution < -0.4 is 0 Å². The van der Waals surface area contributed by atoms with Gasteiger partial charge in [0.05, 0.1) is 1.93 Å². The summed E-state index contributed by atoms with van der Waals surface area (Å²) < 4.78 is 0.589. The van der Waals surface area contributed by atoms with Crippen LogP contribution in [0.4, 0.5) is 0 Å². The van der Waals surface area contributed by atoms with Gasteiger partial charge < -0.3 is 0 Å². The molecule has 60 valence electrons. The van der Waals surface area contributed by atoms with Gasteiger partial charge in [-0.25, -0.2) is 0 Å². The van der Waals surface area contributed by atoms with Gasteiger partial charge in [0.1, 0.15) is 0 Å². The lowest BCUT2D eigenvalue weighted by Crippen LogP contribution is -1.86. The summed E-state index contributed by atoms with van der Waals surface area (Å²) >= 11 is 4.86. The molecule has 2 heteroatoms. The molecule has 0 saturated heterocycles. The van der Waals surface area contributed by atoms with Gasteiger partial charge in [0, 0.05) is 0 Å². The molecule has 0 fully saturated rings. The van der Waals surface area contributed by atoms with Gasteiger partial charge in [-0.1, -0.05) is 68.9 Å². The van der Waals surface area contributed by atoms with E-state index in [0.29, 0.717) is 1.93 Å². The van der Waals surface area contributed by atoms with Gasteiger partial charge in [-0.05, 0) is 25.0 Å². The molecule has 0 amide bonds. The van der Waals surface area contributed by atoms with E-state index in [1.54, 1.807) is 0 Å². The fraction of sp³-hybridized carbons (Fsp3) is 0.333. The first kappa shape index (κ1) is 9.77. The molecule has 0 N–H and O–H groups in total. The quantitative estimate of drug-likeness (QED) is 0.513. The summed E-state index contributed by atoms with van der Waals surface area (Å²) in [6, 6.07) is 6.63. The van der Waals surface area contributed by atoms with Crippen molar-refractivity contribution in [2.24, 2.45) is 0 Å². The van der Waals surface area contributed by atoms with Crippen LogP contribution in [0, 0.1) is 13.8 Å². The second-order valence-electron chi connectivity index (χ2n) is 2.66. The smallest absolute Gasteiger partial charge is 0.0657 e. The number of halogens is 2. The standard InChI is InChI=1S/C9H10I2/c1-6-3-4-8(9(10)11)7(2)5-6/h3-5,9H,1-2H3. The van der Waals surface area contributed by atoms with Crippen LogP contribution in [0.1, 0.15) is 18.6 Å². The van der Waals surface area contributed by atoms with E-state index >= 15 is 0 Å². The van der Waals surface area contributed by atoms with E-state index in [0.717, 1.165) is 0 Å². The second-order valence-corrected chi connectivity index (χ2v) is 7.54. The molecule has 0 nitrogen and oxygen atoms in total. The van der Waals surface area contributed by atoms with Crippen LogP contribution in [0.2, 0.25) is 0 Å². The molecule has 1 rings (SSSR count). The monoisotopic (exact) mass is 372 g/mol. The summed E-state index contributed by atoms with van der Waals surface area (Å²) in [6.45, 7) is 4.30. The number of hydrogen-bond acceptors (Lipinski definition) is 0. The van der Waals surface area contributed by atoms with Gasteiger partial charge in [-0.15, -0.1) is 0 Å². The molecule has 0 radical (unpaired) electrons. The van der Waals surface area contributed by atoms with Gasteiger partial charge >= 0.3 is 0 Å². The molecule has 11 heavy (non-hydrogen) atoms. The molecular weight excluding hydrogens is 362 g/mol. The van der Waals surface area contributed by atoms with Gasteiger partial charge in [0.25, 0.3) is 0 Å². The molecule has 0 aliphatic rings. The Bertz CT molecular complexity index is 254. The van der Waals surface area contributed by atoms with Crippen LogP contribution in [0.25, 0.3) is 0 Å². The number of rotatable bonds is 1. The van der Waals surface area contributed by atoms with E-state index in [9.17, 15) is 0 Å². The number of benzene rings is 1. The molecule has 0 aliphatic carbocycles. The third-order valence-corrected chi connectivity index (χ3v) is 3.00. The van der Waals surface area contributed by atoms with Crippen LogP contribution in [0.3, 0.4) is 0 Å². The van der Waals surface area contributed by atoms with Crippen molar-refractivity contribution in [3.05, 3.63) is 34.9 Å². The van der Waals surface area contributed by atoms with E-state index in [1.165, 1.54) is 16.7 Å². The Morgan fingerprint density at radius 1 is 1.18 bits per heavy atom. The third-order valence-electron chi connectivity index (χ3n) is 1.66. The maximum Gasteiger partial charge on any atom is 0.0877 e. The highest BCUT2D eigenvalue weighted by atomic mass is 127. The summed E-state index contributed by atoms with van der Waals surface area (Å²) in [5, 5.41) is 0. The third kappa shape index (κ3) is 2.57. The van der Waals surface area contributed by atoms with Crippen molar-refractivity contribution < 1.29 is 0 Å². The molecule has 0 heterocycles. The van der Waals surface area contributed by atoms with Crippen molar-refractivity contribution in [1.82, 2.24) is 0 Å². The molecule has 0 spiro atoms. The maximum absolute atomic E-state index is 2.43. The summed E-state index contributed by atoms with van der Waals surface area (Å²) in [5.41, 5.74) is 4.19. The van der Waals surface area contributed by atoms with E-state index in [1.807, 2.05) is 0 Å². The van der Waals surface area contributed by atoms with E-state index in [2.05, 4.69) is 77.2 Å². The predicted octanol–water partition coefficient (Wildman–Crippen LogP) is 4.17. The Labute approximate surface area is 95.0 Å². The highest BCUT2D eigenvalue weighted by molar-refractivity contribution is 14.2. The molecule has 1 aromatic carbocycles. The van der Waals surface area contributed by atoms with Crippen molar-refractivity contribution in [1.29, 1.82) is 0 Å². The summed E-state index contributed by atoms with van der Waals surface area (Å²) in [6.07, 6.45) is 0. The molecule has 0 aromatic heterocycles. The maximum atomic E-state index is 2.43. The Morgan fingerprint density at radius 2 is 1.82 bits per heavy atom. The molecule has 0 aliphatic heterocycles. The van der Waals surface area contributed by atoms with Crippen molar-refractivity contribution >= 4 is 45.2 Å². The number of alkyl halides is 2. The average molecular weight is 372 g/mol. The van der Waals surface area contributed by atoms with Crippen molar-refractivity contribution in [2.45, 2.75) is 15.8 Å². The van der Waals surface area contributed by atoms with Gasteiger partial charge in [-0.2, -0.15) is 0 Å². The van der Waals surface area contributed by atoms with Crippen LogP contribution in [0.5, 0.6) is 0 Å². The molecule has 0 atom stereocenters. The van der Waals surface area contributed by atoms with E-state index < -0.39 is 0 Å². The van der Waals surface area contributed by atoms with Crippen LogP contribution in [-0.2, 0) is 0 Å². The summed E-state index contributed by atoms with van der Waals surface area (Å²) in [4.78, 5) is 0. The SMILES string of the molecule is Cc1ccc(C(I)I)c(C)c1. The van der Waals surface area contributed by atoms with Crippen molar-refractivity contribution in [3.63, 3.8) is 0 Å². The first-order valence-corrected chi connectivity index (χ1v) is 5.95. The first-order chi connectivity index (χ1) is 5.11. The predicted molar refractivity (Wildman–Crippen MR) is 66.7 cm³/mol. The Morgan fingerprint density at radius 3 is 2.27 bits per heavy atom. The fourth-order valence-corrected chi connectivity index (χ4v) is 2.47. The van der Waals surface area contributed by atoms with Crippen LogP contribution >= 0.6 is 45.2 Å². The lowest BCUT2D eigenvalue weighted by Gasteiger charge is -2.06. The van der Waals surface area contributed by atoms with E-state index in [-0.39, 0.29) is 0 Å². The topological polar surface area (TPSA) is 0 Å². The normalized spacial score (nSPS) is 10.6. The van der Waals surface area contributed by atoms with Crippen LogP contribution in [-0.4, -0.2) is 0 Å². The molecule has 0 saturated carbocycles. The van der Waals surface area contributed by atoms with Gasteiger partial charge in [-0.3, -0.25) is 0 Å². The minimum Gasteiger partial charge on any atom is -0.0657 e. The lowest BCUT2D eigenvalue weighted by molar-refractivity contribution is 1.29. The Hall–Kier alpha value is 0.680. The zero-order valence-electron chi connectivity index (χ0n) is 6.57. The average Bonchev–Trinajstić information content (AvgIpc) is 1.85. The first-order valence-electron chi connectivity index (χ1n) is 3.46. The van der Waals surface area contributed by atoms with E-state index in [4.69, 9.17) is 0 Å². The molecule has 0 bridgehead atoms. The van der Waals surface area contributed by atoms with Gasteiger partial charge in [0.15, 0.2) is 0 Å². The zero-order chi connectivity index (χ0) is 8.43. The zero-order valence-corrected chi connectivity index (χ0v) is 10.9. The Kier molecular flexibility index (Phi) is 3.61. The van der Waals surface area contributed by atoms with Gasteiger partial charge in [0.2, 0.25) is 0 Å². The highest BCUT2D eigenvalue weighted by Crippen LogP contribution is 2.32. The second kappa shape index (κ2) is 4.07. The lowest BCUT2D eigenvalue weighted by atomic mass is 10.1. The Balaban J connectivity index is 3.09. The largest absolute Gasteiger partial charge is 0.0877 e. The summed E-state index contributed by atoms with van der Waals surface area (Å²) in [5.74, 6) is 0. The highest BCUT2D eigenvalue weighted by Gasteiger charge is 2.04. The molecular formula is C9H10I2. The van der Waals surface area contributed by atoms with Crippen LogP contribution in [0.15, 0.2) is 18.2 Å². The summed E-state index contributed by atoms with van der Waals surface area (Å²) in [7, 11) is 0. The number of aryl methyl sites for hydroxylation is 2.